The SMILES string of the molecule is O=C(O)C1CN(C(=O)C2(c3cccc(Cl)c3)CCOCC2)Cc2ccccc21. The van der Waals surface area contributed by atoms with Crippen molar-refractivity contribution in [3.05, 3.63) is 70.2 Å². The Labute approximate surface area is 168 Å². The maximum Gasteiger partial charge on any atom is 0.312 e. The summed E-state index contributed by atoms with van der Waals surface area (Å²) in [5.74, 6) is -1.67. The summed E-state index contributed by atoms with van der Waals surface area (Å²) < 4.78 is 5.53. The van der Waals surface area contributed by atoms with E-state index in [2.05, 4.69) is 0 Å². The Hall–Kier alpha value is -2.37. The third kappa shape index (κ3) is 3.29. The number of hydrogen-bond donors (Lipinski definition) is 1. The van der Waals surface area contributed by atoms with Crippen LogP contribution in [-0.4, -0.2) is 41.6 Å². The van der Waals surface area contributed by atoms with E-state index in [1.165, 1.54) is 0 Å². The molecule has 2 heterocycles. The predicted octanol–water partition coefficient (Wildman–Crippen LogP) is 3.60. The number of carbonyl (C=O) groups excluding carboxylic acids is 1. The number of carbonyl (C=O) groups is 2. The molecular formula is C22H22ClNO4. The number of hydrogen-bond acceptors (Lipinski definition) is 3. The molecule has 0 aliphatic carbocycles. The fraction of sp³-hybridized carbons (Fsp3) is 0.364. The second-order valence-corrected chi connectivity index (χ2v) is 7.92. The van der Waals surface area contributed by atoms with Crippen molar-refractivity contribution in [1.29, 1.82) is 0 Å². The number of halogens is 1. The first kappa shape index (κ1) is 19.0. The van der Waals surface area contributed by atoms with E-state index < -0.39 is 17.3 Å². The van der Waals surface area contributed by atoms with E-state index >= 15 is 0 Å². The zero-order chi connectivity index (χ0) is 19.7. The smallest absolute Gasteiger partial charge is 0.312 e. The first-order valence-electron chi connectivity index (χ1n) is 9.45. The van der Waals surface area contributed by atoms with Gasteiger partial charge < -0.3 is 14.7 Å². The van der Waals surface area contributed by atoms with Gasteiger partial charge in [0.1, 0.15) is 0 Å². The van der Waals surface area contributed by atoms with E-state index in [1.54, 1.807) is 11.0 Å². The van der Waals surface area contributed by atoms with Gasteiger partial charge in [-0.3, -0.25) is 9.59 Å². The molecule has 28 heavy (non-hydrogen) atoms. The van der Waals surface area contributed by atoms with Gasteiger partial charge in [-0.25, -0.2) is 0 Å². The quantitative estimate of drug-likeness (QED) is 0.856. The van der Waals surface area contributed by atoms with Crippen molar-refractivity contribution < 1.29 is 19.4 Å². The summed E-state index contributed by atoms with van der Waals surface area (Å²) in [5, 5.41) is 10.3. The topological polar surface area (TPSA) is 66.8 Å². The third-order valence-corrected chi connectivity index (χ3v) is 6.15. The van der Waals surface area contributed by atoms with Crippen LogP contribution in [0.5, 0.6) is 0 Å². The molecule has 0 aromatic heterocycles. The molecule has 4 rings (SSSR count). The lowest BCUT2D eigenvalue weighted by Gasteiger charge is -2.42. The van der Waals surface area contributed by atoms with Crippen molar-refractivity contribution in [2.45, 2.75) is 30.7 Å². The minimum atomic E-state index is -0.909. The van der Waals surface area contributed by atoms with Crippen molar-refractivity contribution in [1.82, 2.24) is 4.90 Å². The van der Waals surface area contributed by atoms with Crippen LogP contribution < -0.4 is 0 Å². The first-order valence-corrected chi connectivity index (χ1v) is 9.83. The van der Waals surface area contributed by atoms with Gasteiger partial charge in [-0.05, 0) is 41.7 Å². The lowest BCUT2D eigenvalue weighted by atomic mass is 9.72. The summed E-state index contributed by atoms with van der Waals surface area (Å²) in [6, 6.07) is 14.9. The fourth-order valence-corrected chi connectivity index (χ4v) is 4.60. The van der Waals surface area contributed by atoms with Crippen molar-refractivity contribution in [3.8, 4) is 0 Å². The molecule has 0 radical (unpaired) electrons. The highest BCUT2D eigenvalue weighted by molar-refractivity contribution is 6.30. The highest BCUT2D eigenvalue weighted by atomic mass is 35.5. The lowest BCUT2D eigenvalue weighted by Crippen LogP contribution is -2.52. The molecule has 0 saturated carbocycles. The van der Waals surface area contributed by atoms with Crippen LogP contribution in [0.1, 0.15) is 35.4 Å². The summed E-state index contributed by atoms with van der Waals surface area (Å²) in [6.45, 7) is 1.58. The molecule has 5 nitrogen and oxygen atoms in total. The van der Waals surface area contributed by atoms with E-state index in [4.69, 9.17) is 16.3 Å². The maximum atomic E-state index is 13.8. The molecule has 2 aromatic rings. The van der Waals surface area contributed by atoms with Gasteiger partial charge in [0, 0.05) is 31.3 Å². The number of rotatable bonds is 3. The average molecular weight is 400 g/mol. The number of fused-ring (bicyclic) bond motifs is 1. The van der Waals surface area contributed by atoms with Gasteiger partial charge >= 0.3 is 5.97 Å². The largest absolute Gasteiger partial charge is 0.481 e. The van der Waals surface area contributed by atoms with E-state index in [0.29, 0.717) is 37.6 Å². The Morgan fingerprint density at radius 2 is 1.86 bits per heavy atom. The number of carboxylic acid groups (broad SMARTS) is 1. The van der Waals surface area contributed by atoms with E-state index in [0.717, 1.165) is 16.7 Å². The molecule has 2 aliphatic rings. The minimum absolute atomic E-state index is 0.0428. The summed E-state index contributed by atoms with van der Waals surface area (Å²) in [5.41, 5.74) is 1.82. The molecule has 0 spiro atoms. The van der Waals surface area contributed by atoms with Crippen LogP contribution in [0.4, 0.5) is 0 Å². The van der Waals surface area contributed by atoms with Gasteiger partial charge in [0.25, 0.3) is 0 Å². The molecule has 2 aromatic carbocycles. The number of carboxylic acids is 1. The summed E-state index contributed by atoms with van der Waals surface area (Å²) in [7, 11) is 0. The number of amides is 1. The Balaban J connectivity index is 1.73. The molecule has 146 valence electrons. The molecule has 0 bridgehead atoms. The molecule has 2 aliphatic heterocycles. The third-order valence-electron chi connectivity index (χ3n) is 5.91. The predicted molar refractivity (Wildman–Crippen MR) is 105 cm³/mol. The molecule has 1 saturated heterocycles. The number of benzene rings is 2. The molecule has 1 N–H and O–H groups in total. The summed E-state index contributed by atoms with van der Waals surface area (Å²) in [6.07, 6.45) is 1.12. The average Bonchev–Trinajstić information content (AvgIpc) is 2.72. The summed E-state index contributed by atoms with van der Waals surface area (Å²) >= 11 is 6.21. The van der Waals surface area contributed by atoms with Crippen LogP contribution in [-0.2, 0) is 26.3 Å². The van der Waals surface area contributed by atoms with Crippen molar-refractivity contribution in [2.24, 2.45) is 0 Å². The minimum Gasteiger partial charge on any atom is -0.481 e. The van der Waals surface area contributed by atoms with E-state index in [9.17, 15) is 14.7 Å². The number of ether oxygens (including phenoxy) is 1. The molecular weight excluding hydrogens is 378 g/mol. The highest BCUT2D eigenvalue weighted by Gasteiger charge is 2.46. The molecule has 6 heteroatoms. The van der Waals surface area contributed by atoms with Crippen molar-refractivity contribution >= 4 is 23.5 Å². The summed E-state index contributed by atoms with van der Waals surface area (Å²) in [4.78, 5) is 27.4. The monoisotopic (exact) mass is 399 g/mol. The van der Waals surface area contributed by atoms with Gasteiger partial charge in [-0.2, -0.15) is 0 Å². The maximum absolute atomic E-state index is 13.8. The molecule has 1 unspecified atom stereocenters. The van der Waals surface area contributed by atoms with Crippen LogP contribution >= 0.6 is 11.6 Å². The van der Waals surface area contributed by atoms with Crippen molar-refractivity contribution in [2.75, 3.05) is 19.8 Å². The zero-order valence-electron chi connectivity index (χ0n) is 15.4. The number of nitrogens with zero attached hydrogens (tertiary/aromatic N) is 1. The second kappa shape index (κ2) is 7.57. The zero-order valence-corrected chi connectivity index (χ0v) is 16.2. The van der Waals surface area contributed by atoms with Gasteiger partial charge in [-0.15, -0.1) is 0 Å². The Kier molecular flexibility index (Phi) is 5.13. The molecule has 1 amide bonds. The van der Waals surface area contributed by atoms with Gasteiger partial charge in [-0.1, -0.05) is 48.0 Å². The Morgan fingerprint density at radius 3 is 2.57 bits per heavy atom. The van der Waals surface area contributed by atoms with Crippen LogP contribution in [0, 0.1) is 0 Å². The standard InChI is InChI=1S/C22H22ClNO4/c23-17-6-3-5-16(12-17)22(8-10-28-11-9-22)21(27)24-13-15-4-1-2-7-18(15)19(14-24)20(25)26/h1-7,12,19H,8-11,13-14H2,(H,25,26). The molecule has 1 fully saturated rings. The van der Waals surface area contributed by atoms with Crippen LogP contribution in [0.2, 0.25) is 5.02 Å². The van der Waals surface area contributed by atoms with Crippen LogP contribution in [0.3, 0.4) is 0 Å². The first-order chi connectivity index (χ1) is 13.5. The fourth-order valence-electron chi connectivity index (χ4n) is 4.41. The second-order valence-electron chi connectivity index (χ2n) is 7.48. The van der Waals surface area contributed by atoms with Gasteiger partial charge in [0.2, 0.25) is 5.91 Å². The number of aliphatic carboxylic acids is 1. The van der Waals surface area contributed by atoms with Gasteiger partial charge in [0.05, 0.1) is 11.3 Å². The lowest BCUT2D eigenvalue weighted by molar-refractivity contribution is -0.146. The van der Waals surface area contributed by atoms with Crippen molar-refractivity contribution in [3.63, 3.8) is 0 Å². The highest BCUT2D eigenvalue weighted by Crippen LogP contribution is 2.40. The van der Waals surface area contributed by atoms with Crippen LogP contribution in [0.25, 0.3) is 0 Å². The van der Waals surface area contributed by atoms with Crippen LogP contribution in [0.15, 0.2) is 48.5 Å². The Bertz CT molecular complexity index is 907. The normalized spacial score (nSPS) is 21.0. The van der Waals surface area contributed by atoms with E-state index in [1.807, 2.05) is 42.5 Å². The van der Waals surface area contributed by atoms with E-state index in [-0.39, 0.29) is 12.5 Å². The molecule has 1 atom stereocenters. The van der Waals surface area contributed by atoms with Gasteiger partial charge in [0.15, 0.2) is 0 Å². The Morgan fingerprint density at radius 1 is 1.11 bits per heavy atom.